The molecule has 19 heavy (non-hydrogen) atoms. The van der Waals surface area contributed by atoms with E-state index in [0.717, 1.165) is 0 Å². The Hall–Kier alpha value is -2.14. The molecule has 1 heterocycles. The molecule has 0 saturated carbocycles. The van der Waals surface area contributed by atoms with E-state index in [2.05, 4.69) is 5.32 Å². The van der Waals surface area contributed by atoms with Crippen molar-refractivity contribution < 1.29 is 13.3 Å². The highest BCUT2D eigenvalue weighted by molar-refractivity contribution is 7.91. The van der Waals surface area contributed by atoms with Gasteiger partial charge in [0.25, 0.3) is 5.69 Å². The van der Waals surface area contributed by atoms with Crippen LogP contribution in [0.25, 0.3) is 0 Å². The van der Waals surface area contributed by atoms with Crippen LogP contribution in [0.2, 0.25) is 0 Å². The van der Waals surface area contributed by atoms with Crippen molar-refractivity contribution in [1.29, 1.82) is 5.26 Å². The first-order chi connectivity index (χ1) is 8.91. The quantitative estimate of drug-likeness (QED) is 0.654. The monoisotopic (exact) mass is 281 g/mol. The maximum atomic E-state index is 11.3. The van der Waals surface area contributed by atoms with Gasteiger partial charge in [-0.25, -0.2) is 8.42 Å². The van der Waals surface area contributed by atoms with Gasteiger partial charge < -0.3 is 5.32 Å². The Morgan fingerprint density at radius 2 is 2.21 bits per heavy atom. The van der Waals surface area contributed by atoms with Crippen LogP contribution >= 0.6 is 0 Å². The van der Waals surface area contributed by atoms with E-state index in [9.17, 15) is 18.5 Å². The van der Waals surface area contributed by atoms with Crippen LogP contribution in [-0.4, -0.2) is 30.9 Å². The predicted molar refractivity (Wildman–Crippen MR) is 68.5 cm³/mol. The number of nitro benzene ring substituents is 1. The lowest BCUT2D eigenvalue weighted by atomic mass is 10.1. The van der Waals surface area contributed by atoms with Crippen molar-refractivity contribution in [3.8, 4) is 6.07 Å². The minimum atomic E-state index is -2.99. The molecular formula is C11H11N3O4S. The maximum absolute atomic E-state index is 11.3. The third kappa shape index (κ3) is 3.00. The highest BCUT2D eigenvalue weighted by Crippen LogP contribution is 2.24. The summed E-state index contributed by atoms with van der Waals surface area (Å²) in [5, 5.41) is 22.5. The number of benzene rings is 1. The molecule has 0 spiro atoms. The summed E-state index contributed by atoms with van der Waals surface area (Å²) in [7, 11) is -2.99. The van der Waals surface area contributed by atoms with Gasteiger partial charge in [-0.05, 0) is 18.6 Å². The number of anilines is 1. The number of nitriles is 1. The second kappa shape index (κ2) is 4.85. The van der Waals surface area contributed by atoms with Crippen molar-refractivity contribution in [2.45, 2.75) is 12.5 Å². The van der Waals surface area contributed by atoms with Gasteiger partial charge in [-0.1, -0.05) is 0 Å². The van der Waals surface area contributed by atoms with Crippen LogP contribution in [0.3, 0.4) is 0 Å². The van der Waals surface area contributed by atoms with Crippen molar-refractivity contribution in [1.82, 2.24) is 0 Å². The number of hydrogen-bond donors (Lipinski definition) is 1. The van der Waals surface area contributed by atoms with Crippen LogP contribution in [-0.2, 0) is 9.84 Å². The largest absolute Gasteiger partial charge is 0.381 e. The molecule has 100 valence electrons. The zero-order valence-corrected chi connectivity index (χ0v) is 10.7. The third-order valence-electron chi connectivity index (χ3n) is 2.92. The molecule has 1 N–H and O–H groups in total. The first-order valence-electron chi connectivity index (χ1n) is 5.57. The van der Waals surface area contributed by atoms with Crippen LogP contribution in [0.4, 0.5) is 11.4 Å². The average molecular weight is 281 g/mol. The molecule has 1 aliphatic heterocycles. The SMILES string of the molecule is N#Cc1cc(NC2CCS(=O)(=O)C2)ccc1[N+](=O)[O-]. The van der Waals surface area contributed by atoms with E-state index in [0.29, 0.717) is 12.1 Å². The summed E-state index contributed by atoms with van der Waals surface area (Å²) in [6, 6.07) is 5.63. The molecule has 1 aliphatic rings. The lowest BCUT2D eigenvalue weighted by Crippen LogP contribution is -2.20. The minimum absolute atomic E-state index is 0.0455. The summed E-state index contributed by atoms with van der Waals surface area (Å²) in [4.78, 5) is 10.1. The smallest absolute Gasteiger partial charge is 0.287 e. The topological polar surface area (TPSA) is 113 Å². The Morgan fingerprint density at radius 3 is 2.74 bits per heavy atom. The summed E-state index contributed by atoms with van der Waals surface area (Å²) in [5.74, 6) is 0.189. The van der Waals surface area contributed by atoms with Gasteiger partial charge in [0.15, 0.2) is 9.84 Å². The van der Waals surface area contributed by atoms with E-state index >= 15 is 0 Å². The molecule has 8 heteroatoms. The van der Waals surface area contributed by atoms with E-state index in [1.165, 1.54) is 18.2 Å². The van der Waals surface area contributed by atoms with Gasteiger partial charge in [0.1, 0.15) is 11.6 Å². The van der Waals surface area contributed by atoms with Gasteiger partial charge in [0.05, 0.1) is 16.4 Å². The molecule has 1 aromatic carbocycles. The molecule has 0 amide bonds. The van der Waals surface area contributed by atoms with E-state index in [4.69, 9.17) is 5.26 Å². The van der Waals surface area contributed by atoms with Gasteiger partial charge in [0.2, 0.25) is 0 Å². The van der Waals surface area contributed by atoms with Gasteiger partial charge in [0, 0.05) is 17.8 Å². The molecule has 0 bridgehead atoms. The second-order valence-electron chi connectivity index (χ2n) is 4.35. The number of hydrogen-bond acceptors (Lipinski definition) is 6. The van der Waals surface area contributed by atoms with Crippen molar-refractivity contribution in [2.75, 3.05) is 16.8 Å². The van der Waals surface area contributed by atoms with Crippen LogP contribution < -0.4 is 5.32 Å². The molecule has 2 rings (SSSR count). The fraction of sp³-hybridized carbons (Fsp3) is 0.364. The standard InChI is InChI=1S/C11H11N3O4S/c12-6-8-5-9(1-2-11(8)14(15)16)13-10-3-4-19(17,18)7-10/h1-2,5,10,13H,3-4,7H2. The zero-order valence-electron chi connectivity index (χ0n) is 9.87. The first kappa shape index (κ1) is 13.3. The van der Waals surface area contributed by atoms with Crippen molar-refractivity contribution in [2.24, 2.45) is 0 Å². The van der Waals surface area contributed by atoms with Gasteiger partial charge in [-0.3, -0.25) is 10.1 Å². The van der Waals surface area contributed by atoms with Crippen LogP contribution in [0, 0.1) is 21.4 Å². The lowest BCUT2D eigenvalue weighted by Gasteiger charge is -2.12. The van der Waals surface area contributed by atoms with E-state index < -0.39 is 14.8 Å². The number of nitrogens with one attached hydrogen (secondary N) is 1. The normalized spacial score (nSPS) is 20.7. The molecule has 0 aromatic heterocycles. The lowest BCUT2D eigenvalue weighted by molar-refractivity contribution is -0.385. The first-order valence-corrected chi connectivity index (χ1v) is 7.39. The van der Waals surface area contributed by atoms with Gasteiger partial charge in [-0.15, -0.1) is 0 Å². The molecule has 0 radical (unpaired) electrons. The molecular weight excluding hydrogens is 270 g/mol. The molecule has 1 unspecified atom stereocenters. The number of rotatable bonds is 3. The van der Waals surface area contributed by atoms with E-state index in [1.807, 2.05) is 0 Å². The Bertz CT molecular complexity index is 663. The van der Waals surface area contributed by atoms with Gasteiger partial charge in [-0.2, -0.15) is 5.26 Å². The Balaban J connectivity index is 2.19. The highest BCUT2D eigenvalue weighted by atomic mass is 32.2. The molecule has 1 atom stereocenters. The van der Waals surface area contributed by atoms with Crippen molar-refractivity contribution in [3.05, 3.63) is 33.9 Å². The molecule has 1 aromatic rings. The van der Waals surface area contributed by atoms with Crippen LogP contribution in [0.5, 0.6) is 0 Å². The third-order valence-corrected chi connectivity index (χ3v) is 4.68. The zero-order chi connectivity index (χ0) is 14.0. The van der Waals surface area contributed by atoms with Crippen molar-refractivity contribution in [3.63, 3.8) is 0 Å². The summed E-state index contributed by atoms with van der Waals surface area (Å²) in [6.45, 7) is 0. The van der Waals surface area contributed by atoms with E-state index in [1.54, 1.807) is 6.07 Å². The molecule has 1 fully saturated rings. The maximum Gasteiger partial charge on any atom is 0.287 e. The Morgan fingerprint density at radius 1 is 1.47 bits per heavy atom. The van der Waals surface area contributed by atoms with E-state index in [-0.39, 0.29) is 28.8 Å². The fourth-order valence-corrected chi connectivity index (χ4v) is 3.69. The number of nitrogens with zero attached hydrogens (tertiary/aromatic N) is 2. The summed E-state index contributed by atoms with van der Waals surface area (Å²) < 4.78 is 22.6. The molecule has 7 nitrogen and oxygen atoms in total. The van der Waals surface area contributed by atoms with Crippen LogP contribution in [0.15, 0.2) is 18.2 Å². The Kier molecular flexibility index (Phi) is 3.40. The molecule has 1 saturated heterocycles. The van der Waals surface area contributed by atoms with Crippen molar-refractivity contribution >= 4 is 21.2 Å². The summed E-state index contributed by atoms with van der Waals surface area (Å²) >= 11 is 0. The van der Waals surface area contributed by atoms with Gasteiger partial charge >= 0.3 is 0 Å². The Labute approximate surface area is 109 Å². The minimum Gasteiger partial charge on any atom is -0.381 e. The summed E-state index contributed by atoms with van der Waals surface area (Å²) in [6.07, 6.45) is 0.501. The average Bonchev–Trinajstić information content (AvgIpc) is 2.68. The predicted octanol–water partition coefficient (Wildman–Crippen LogP) is 1.07. The molecule has 0 aliphatic carbocycles. The number of sulfone groups is 1. The van der Waals surface area contributed by atoms with Crippen LogP contribution in [0.1, 0.15) is 12.0 Å². The number of nitro groups is 1. The second-order valence-corrected chi connectivity index (χ2v) is 6.57. The highest BCUT2D eigenvalue weighted by Gasteiger charge is 2.28. The fourth-order valence-electron chi connectivity index (χ4n) is 2.02. The summed E-state index contributed by atoms with van der Waals surface area (Å²) in [5.41, 5.74) is 0.215.